The fraction of sp³-hybridized carbons (Fsp3) is 0.600. The molecule has 0 amide bonds. The Hall–Kier alpha value is -1.00. The molecule has 0 unspecified atom stereocenters. The zero-order chi connectivity index (χ0) is 15.0. The van der Waals surface area contributed by atoms with Crippen LogP contribution < -0.4 is 11.1 Å². The van der Waals surface area contributed by atoms with Gasteiger partial charge in [0.25, 0.3) is 0 Å². The molecule has 0 heterocycles. The average molecular weight is 301 g/mol. The van der Waals surface area contributed by atoms with E-state index in [0.29, 0.717) is 17.9 Å². The average Bonchev–Trinajstić information content (AvgIpc) is 2.37. The Morgan fingerprint density at radius 2 is 1.90 bits per heavy atom. The number of nitrogens with two attached hydrogens (primary N) is 1. The fourth-order valence-corrected chi connectivity index (χ4v) is 2.72. The van der Waals surface area contributed by atoms with E-state index < -0.39 is 11.4 Å². The Bertz CT molecular complexity index is 495. The lowest BCUT2D eigenvalue weighted by atomic mass is 9.71. The SMILES string of the molecule is CC1(C)CCC(O)(CNc2cc(F)c(Cl)cc2N)CC1. The van der Waals surface area contributed by atoms with Crippen molar-refractivity contribution in [3.05, 3.63) is 23.0 Å². The normalized spacial score (nSPS) is 20.6. The monoisotopic (exact) mass is 300 g/mol. The van der Waals surface area contributed by atoms with Gasteiger partial charge in [0.05, 0.1) is 22.0 Å². The van der Waals surface area contributed by atoms with Crippen molar-refractivity contribution in [2.45, 2.75) is 45.1 Å². The fourth-order valence-electron chi connectivity index (χ4n) is 2.54. The molecule has 0 aromatic heterocycles. The van der Waals surface area contributed by atoms with Crippen molar-refractivity contribution in [1.29, 1.82) is 0 Å². The number of halogens is 2. The van der Waals surface area contributed by atoms with Crippen molar-refractivity contribution in [2.75, 3.05) is 17.6 Å². The maximum atomic E-state index is 13.4. The van der Waals surface area contributed by atoms with E-state index in [9.17, 15) is 9.50 Å². The van der Waals surface area contributed by atoms with E-state index in [1.54, 1.807) is 0 Å². The minimum absolute atomic E-state index is 0.00572. The topological polar surface area (TPSA) is 58.3 Å². The molecule has 0 radical (unpaired) electrons. The highest BCUT2D eigenvalue weighted by atomic mass is 35.5. The van der Waals surface area contributed by atoms with Crippen LogP contribution in [-0.4, -0.2) is 17.3 Å². The van der Waals surface area contributed by atoms with Gasteiger partial charge in [0.2, 0.25) is 0 Å². The highest BCUT2D eigenvalue weighted by Gasteiger charge is 2.36. The number of nitrogens with one attached hydrogen (secondary N) is 1. The molecule has 112 valence electrons. The molecule has 3 nitrogen and oxygen atoms in total. The number of hydrogen-bond donors (Lipinski definition) is 3. The molecule has 1 aliphatic carbocycles. The highest BCUT2D eigenvalue weighted by Crippen LogP contribution is 2.40. The van der Waals surface area contributed by atoms with Crippen LogP contribution in [-0.2, 0) is 0 Å². The summed E-state index contributed by atoms with van der Waals surface area (Å²) in [5, 5.41) is 13.6. The molecule has 0 spiro atoms. The summed E-state index contributed by atoms with van der Waals surface area (Å²) in [4.78, 5) is 0. The molecule has 0 atom stereocenters. The van der Waals surface area contributed by atoms with Gasteiger partial charge in [0.15, 0.2) is 0 Å². The summed E-state index contributed by atoms with van der Waals surface area (Å²) in [5.74, 6) is -0.514. The molecule has 2 rings (SSSR count). The lowest BCUT2D eigenvalue weighted by molar-refractivity contribution is -0.0145. The predicted molar refractivity (Wildman–Crippen MR) is 81.5 cm³/mol. The van der Waals surface area contributed by atoms with E-state index in [1.807, 2.05) is 0 Å². The van der Waals surface area contributed by atoms with E-state index in [2.05, 4.69) is 19.2 Å². The van der Waals surface area contributed by atoms with Crippen LogP contribution in [0.2, 0.25) is 5.02 Å². The largest absolute Gasteiger partial charge is 0.397 e. The first-order valence-corrected chi connectivity index (χ1v) is 7.29. The van der Waals surface area contributed by atoms with E-state index in [1.165, 1.54) is 12.1 Å². The highest BCUT2D eigenvalue weighted by molar-refractivity contribution is 6.31. The number of benzene rings is 1. The molecule has 20 heavy (non-hydrogen) atoms. The maximum absolute atomic E-state index is 13.4. The summed E-state index contributed by atoms with van der Waals surface area (Å²) >= 11 is 5.66. The quantitative estimate of drug-likeness (QED) is 0.744. The Balaban J connectivity index is 2.00. The van der Waals surface area contributed by atoms with E-state index >= 15 is 0 Å². The van der Waals surface area contributed by atoms with Crippen molar-refractivity contribution in [3.8, 4) is 0 Å². The molecule has 0 aliphatic heterocycles. The zero-order valence-corrected chi connectivity index (χ0v) is 12.7. The molecule has 5 heteroatoms. The summed E-state index contributed by atoms with van der Waals surface area (Å²) in [5.41, 5.74) is 6.20. The van der Waals surface area contributed by atoms with Gasteiger partial charge in [0, 0.05) is 12.6 Å². The molecule has 1 aliphatic rings. The number of aliphatic hydroxyl groups is 1. The number of nitrogen functional groups attached to an aromatic ring is 1. The Morgan fingerprint density at radius 1 is 1.30 bits per heavy atom. The van der Waals surface area contributed by atoms with Gasteiger partial charge in [-0.3, -0.25) is 0 Å². The maximum Gasteiger partial charge on any atom is 0.143 e. The van der Waals surface area contributed by atoms with Gasteiger partial charge in [-0.2, -0.15) is 0 Å². The minimum atomic E-state index is -0.752. The second-order valence-corrected chi connectivity index (χ2v) is 7.00. The lowest BCUT2D eigenvalue weighted by Gasteiger charge is -2.40. The Labute approximate surface area is 124 Å². The van der Waals surface area contributed by atoms with E-state index in [-0.39, 0.29) is 10.4 Å². The van der Waals surface area contributed by atoms with Crippen molar-refractivity contribution >= 4 is 23.0 Å². The summed E-state index contributed by atoms with van der Waals surface area (Å²) in [6.07, 6.45) is 3.44. The molecule has 0 bridgehead atoms. The number of anilines is 2. The minimum Gasteiger partial charge on any atom is -0.397 e. The first kappa shape index (κ1) is 15.4. The van der Waals surface area contributed by atoms with Gasteiger partial charge in [0.1, 0.15) is 5.82 Å². The van der Waals surface area contributed by atoms with Crippen LogP contribution in [0.15, 0.2) is 12.1 Å². The number of rotatable bonds is 3. The van der Waals surface area contributed by atoms with Gasteiger partial charge in [-0.1, -0.05) is 25.4 Å². The standard InChI is InChI=1S/C15H22ClFN2O/c1-14(2)3-5-15(20,6-4-14)9-19-13-8-11(17)10(16)7-12(13)18/h7-8,19-20H,3-6,9,18H2,1-2H3. The van der Waals surface area contributed by atoms with Crippen LogP contribution in [0, 0.1) is 11.2 Å². The number of hydrogen-bond acceptors (Lipinski definition) is 3. The molecule has 1 fully saturated rings. The summed E-state index contributed by atoms with van der Waals surface area (Å²) < 4.78 is 13.4. The molecular weight excluding hydrogens is 279 g/mol. The van der Waals surface area contributed by atoms with Crippen LogP contribution in [0.5, 0.6) is 0 Å². The second-order valence-electron chi connectivity index (χ2n) is 6.60. The molecule has 1 saturated carbocycles. The van der Waals surface area contributed by atoms with Crippen LogP contribution in [0.25, 0.3) is 0 Å². The first-order valence-electron chi connectivity index (χ1n) is 6.92. The Morgan fingerprint density at radius 3 is 2.50 bits per heavy atom. The van der Waals surface area contributed by atoms with Gasteiger partial charge in [-0.05, 0) is 37.2 Å². The van der Waals surface area contributed by atoms with Crippen LogP contribution in [0.1, 0.15) is 39.5 Å². The smallest absolute Gasteiger partial charge is 0.143 e. The van der Waals surface area contributed by atoms with Gasteiger partial charge < -0.3 is 16.2 Å². The molecule has 1 aromatic carbocycles. The van der Waals surface area contributed by atoms with Crippen molar-refractivity contribution in [1.82, 2.24) is 0 Å². The predicted octanol–water partition coefficient (Wildman–Crippen LogP) is 3.80. The third kappa shape index (κ3) is 3.55. The molecular formula is C15H22ClFN2O. The molecule has 0 saturated heterocycles. The van der Waals surface area contributed by atoms with Crippen molar-refractivity contribution < 1.29 is 9.50 Å². The summed E-state index contributed by atoms with van der Waals surface area (Å²) in [6.45, 7) is 4.80. The lowest BCUT2D eigenvalue weighted by Crippen LogP contribution is -2.42. The van der Waals surface area contributed by atoms with Crippen LogP contribution in [0.4, 0.5) is 15.8 Å². The molecule has 4 N–H and O–H groups in total. The third-order valence-corrected chi connectivity index (χ3v) is 4.52. The zero-order valence-electron chi connectivity index (χ0n) is 12.0. The second kappa shape index (κ2) is 5.41. The van der Waals surface area contributed by atoms with Crippen LogP contribution in [0.3, 0.4) is 0 Å². The third-order valence-electron chi connectivity index (χ3n) is 4.23. The Kier molecular flexibility index (Phi) is 4.17. The summed E-state index contributed by atoms with van der Waals surface area (Å²) in [6, 6.07) is 2.65. The van der Waals surface area contributed by atoms with Crippen molar-refractivity contribution in [2.24, 2.45) is 5.41 Å². The van der Waals surface area contributed by atoms with Gasteiger partial charge in [-0.15, -0.1) is 0 Å². The molecule has 1 aromatic rings. The van der Waals surface area contributed by atoms with E-state index in [0.717, 1.165) is 25.7 Å². The summed E-state index contributed by atoms with van der Waals surface area (Å²) in [7, 11) is 0. The van der Waals surface area contributed by atoms with Gasteiger partial charge in [-0.25, -0.2) is 4.39 Å². The first-order chi connectivity index (χ1) is 9.21. The van der Waals surface area contributed by atoms with Crippen LogP contribution >= 0.6 is 11.6 Å². The van der Waals surface area contributed by atoms with Crippen molar-refractivity contribution in [3.63, 3.8) is 0 Å². The van der Waals surface area contributed by atoms with E-state index in [4.69, 9.17) is 17.3 Å². The van der Waals surface area contributed by atoms with Gasteiger partial charge >= 0.3 is 0 Å².